The van der Waals surface area contributed by atoms with E-state index in [0.717, 1.165) is 0 Å². The Balaban J connectivity index is 2.15. The van der Waals surface area contributed by atoms with E-state index in [2.05, 4.69) is 15.5 Å². The topological polar surface area (TPSA) is 119 Å². The first kappa shape index (κ1) is 15.6. The summed E-state index contributed by atoms with van der Waals surface area (Å²) < 4.78 is 5.57. The summed E-state index contributed by atoms with van der Waals surface area (Å²) in [5, 5.41) is 10.0. The molecule has 1 heterocycles. The van der Waals surface area contributed by atoms with Crippen molar-refractivity contribution in [1.82, 2.24) is 15.1 Å². The fraction of sp³-hybridized carbons (Fsp3) is 0.154. The highest BCUT2D eigenvalue weighted by atomic mass is 35.5. The van der Waals surface area contributed by atoms with Crippen LogP contribution >= 0.6 is 11.6 Å². The number of amides is 2. The molecule has 0 saturated carbocycles. The number of nitrogens with two attached hydrogens (primary N) is 2. The molecule has 22 heavy (non-hydrogen) atoms. The summed E-state index contributed by atoms with van der Waals surface area (Å²) in [6, 6.07) is 6.43. The van der Waals surface area contributed by atoms with Gasteiger partial charge in [-0.3, -0.25) is 0 Å². The molecule has 0 atom stereocenters. The van der Waals surface area contributed by atoms with Crippen LogP contribution in [-0.2, 0) is 0 Å². The van der Waals surface area contributed by atoms with Gasteiger partial charge in [0.1, 0.15) is 10.8 Å². The number of nitrogens with one attached hydrogen (secondary N) is 1. The van der Waals surface area contributed by atoms with Crippen LogP contribution < -0.4 is 21.5 Å². The van der Waals surface area contributed by atoms with Crippen LogP contribution in [0.15, 0.2) is 24.3 Å². The van der Waals surface area contributed by atoms with Crippen molar-refractivity contribution in [1.29, 1.82) is 0 Å². The van der Waals surface area contributed by atoms with Gasteiger partial charge in [-0.25, -0.2) is 4.79 Å². The van der Waals surface area contributed by atoms with Crippen molar-refractivity contribution in [3.05, 3.63) is 29.3 Å². The van der Waals surface area contributed by atoms with E-state index < -0.39 is 0 Å². The number of rotatable bonds is 3. The van der Waals surface area contributed by atoms with E-state index in [9.17, 15) is 4.79 Å². The zero-order valence-corrected chi connectivity index (χ0v) is 12.8. The molecule has 0 unspecified atom stereocenters. The number of carbonyl (C=O) groups excluding carboxylic acids is 1. The molecule has 5 N–H and O–H groups in total. The normalized spacial score (nSPS) is 10.1. The van der Waals surface area contributed by atoms with E-state index in [0.29, 0.717) is 11.4 Å². The zero-order chi connectivity index (χ0) is 16.3. The molecule has 2 amide bonds. The molecule has 0 aliphatic heterocycles. The third-order valence-electron chi connectivity index (χ3n) is 2.65. The number of anilines is 3. The molecule has 0 saturated heterocycles. The first-order chi connectivity index (χ1) is 10.4. The summed E-state index contributed by atoms with van der Waals surface area (Å²) in [6.45, 7) is 0. The van der Waals surface area contributed by atoms with Gasteiger partial charge in [-0.05, 0) is 24.3 Å². The first-order valence-corrected chi connectivity index (χ1v) is 6.59. The number of benzene rings is 1. The molecule has 0 spiro atoms. The van der Waals surface area contributed by atoms with Crippen LogP contribution in [0.1, 0.15) is 0 Å². The molecule has 116 valence electrons. The Morgan fingerprint density at radius 1 is 1.18 bits per heavy atom. The van der Waals surface area contributed by atoms with Crippen LogP contribution in [0.5, 0.6) is 11.5 Å². The fourth-order valence-electron chi connectivity index (χ4n) is 1.48. The predicted octanol–water partition coefficient (Wildman–Crippen LogP) is 2.18. The number of hydrogen-bond donors (Lipinski definition) is 3. The van der Waals surface area contributed by atoms with Crippen molar-refractivity contribution >= 4 is 35.0 Å². The van der Waals surface area contributed by atoms with E-state index >= 15 is 0 Å². The summed E-state index contributed by atoms with van der Waals surface area (Å²) in [7, 11) is 3.30. The fourth-order valence-corrected chi connectivity index (χ4v) is 1.66. The third kappa shape index (κ3) is 3.47. The van der Waals surface area contributed by atoms with Crippen molar-refractivity contribution in [2.24, 2.45) is 0 Å². The van der Waals surface area contributed by atoms with Gasteiger partial charge in [0, 0.05) is 19.8 Å². The maximum Gasteiger partial charge on any atom is 0.321 e. The number of carbonyl (C=O) groups is 1. The lowest BCUT2D eigenvalue weighted by Gasteiger charge is -2.13. The number of urea groups is 1. The minimum absolute atomic E-state index is 0.0285. The standard InChI is InChI=1S/C13H15ClN6O2/c1-20(2)13(21)17-7-3-5-8(6-4-7)22-10-9(14)11(15)18-19-12(10)16/h3-6H,1-2H3,(H2,15,18)(H2,16,19)(H,17,21). The van der Waals surface area contributed by atoms with Crippen LogP contribution in [-0.4, -0.2) is 35.2 Å². The maximum absolute atomic E-state index is 11.5. The van der Waals surface area contributed by atoms with Crippen LogP contribution in [0.3, 0.4) is 0 Å². The van der Waals surface area contributed by atoms with Crippen LogP contribution in [0, 0.1) is 0 Å². The number of halogens is 1. The molecule has 0 aliphatic carbocycles. The van der Waals surface area contributed by atoms with Gasteiger partial charge in [0.25, 0.3) is 0 Å². The SMILES string of the molecule is CN(C)C(=O)Nc1ccc(Oc2c(N)nnc(N)c2Cl)cc1. The molecule has 0 fully saturated rings. The summed E-state index contributed by atoms with van der Waals surface area (Å²) in [4.78, 5) is 13.0. The minimum atomic E-state index is -0.230. The Hall–Kier alpha value is -2.74. The van der Waals surface area contributed by atoms with Gasteiger partial charge in [-0.15, -0.1) is 10.2 Å². The molecule has 1 aromatic heterocycles. The molecule has 2 rings (SSSR count). The van der Waals surface area contributed by atoms with Crippen molar-refractivity contribution in [2.45, 2.75) is 0 Å². The molecular weight excluding hydrogens is 308 g/mol. The van der Waals surface area contributed by atoms with Crippen LogP contribution in [0.25, 0.3) is 0 Å². The number of nitrogens with zero attached hydrogens (tertiary/aromatic N) is 3. The Bertz CT molecular complexity index is 690. The highest BCUT2D eigenvalue weighted by Gasteiger charge is 2.13. The zero-order valence-electron chi connectivity index (χ0n) is 12.0. The van der Waals surface area contributed by atoms with Crippen molar-refractivity contribution < 1.29 is 9.53 Å². The monoisotopic (exact) mass is 322 g/mol. The molecule has 1 aromatic carbocycles. The van der Waals surface area contributed by atoms with Crippen molar-refractivity contribution in [3.63, 3.8) is 0 Å². The third-order valence-corrected chi connectivity index (χ3v) is 3.02. The largest absolute Gasteiger partial charge is 0.452 e. The van der Waals surface area contributed by atoms with Gasteiger partial charge in [0.15, 0.2) is 17.4 Å². The first-order valence-electron chi connectivity index (χ1n) is 6.22. The number of nitrogen functional groups attached to an aromatic ring is 2. The quantitative estimate of drug-likeness (QED) is 0.796. The average molecular weight is 323 g/mol. The summed E-state index contributed by atoms with van der Waals surface area (Å²) in [6.07, 6.45) is 0. The molecule has 9 heteroatoms. The average Bonchev–Trinajstić information content (AvgIpc) is 2.49. The molecule has 0 bridgehead atoms. The lowest BCUT2D eigenvalue weighted by molar-refractivity contribution is 0.230. The van der Waals surface area contributed by atoms with Crippen LogP contribution in [0.4, 0.5) is 22.1 Å². The number of hydrogen-bond acceptors (Lipinski definition) is 6. The summed E-state index contributed by atoms with van der Waals surface area (Å²) in [5.41, 5.74) is 11.8. The Morgan fingerprint density at radius 3 is 2.36 bits per heavy atom. The van der Waals surface area contributed by atoms with Gasteiger partial charge in [-0.2, -0.15) is 0 Å². The van der Waals surface area contributed by atoms with E-state index in [4.69, 9.17) is 27.8 Å². The second-order valence-electron chi connectivity index (χ2n) is 4.56. The highest BCUT2D eigenvalue weighted by molar-refractivity contribution is 6.34. The molecular formula is C13H15ClN6O2. The lowest BCUT2D eigenvalue weighted by Crippen LogP contribution is -2.27. The minimum Gasteiger partial charge on any atom is -0.452 e. The smallest absolute Gasteiger partial charge is 0.321 e. The molecule has 0 aliphatic rings. The number of ether oxygens (including phenoxy) is 1. The Labute approximate surface area is 132 Å². The van der Waals surface area contributed by atoms with Gasteiger partial charge >= 0.3 is 6.03 Å². The molecule has 2 aromatic rings. The van der Waals surface area contributed by atoms with Crippen LogP contribution in [0.2, 0.25) is 5.02 Å². The van der Waals surface area contributed by atoms with Gasteiger partial charge in [-0.1, -0.05) is 11.6 Å². The van der Waals surface area contributed by atoms with Crippen molar-refractivity contribution in [3.8, 4) is 11.5 Å². The van der Waals surface area contributed by atoms with Crippen molar-refractivity contribution in [2.75, 3.05) is 30.9 Å². The van der Waals surface area contributed by atoms with Gasteiger partial charge in [0.2, 0.25) is 0 Å². The second kappa shape index (κ2) is 6.35. The van der Waals surface area contributed by atoms with Gasteiger partial charge in [0.05, 0.1) is 0 Å². The maximum atomic E-state index is 11.5. The Morgan fingerprint density at radius 2 is 1.77 bits per heavy atom. The highest BCUT2D eigenvalue weighted by Crippen LogP contribution is 2.36. The van der Waals surface area contributed by atoms with Gasteiger partial charge < -0.3 is 26.4 Å². The van der Waals surface area contributed by atoms with E-state index in [1.807, 2.05) is 0 Å². The Kier molecular flexibility index (Phi) is 4.52. The summed E-state index contributed by atoms with van der Waals surface area (Å²) >= 11 is 5.99. The lowest BCUT2D eigenvalue weighted by atomic mass is 10.3. The number of aromatic nitrogens is 2. The van der Waals surface area contributed by atoms with E-state index in [1.54, 1.807) is 38.4 Å². The molecule has 8 nitrogen and oxygen atoms in total. The van der Waals surface area contributed by atoms with E-state index in [1.165, 1.54) is 4.90 Å². The predicted molar refractivity (Wildman–Crippen MR) is 85.1 cm³/mol. The second-order valence-corrected chi connectivity index (χ2v) is 4.94. The van der Waals surface area contributed by atoms with E-state index in [-0.39, 0.29) is 28.4 Å². The summed E-state index contributed by atoms with van der Waals surface area (Å²) in [5.74, 6) is 0.660. The molecule has 0 radical (unpaired) electrons.